The zero-order valence-corrected chi connectivity index (χ0v) is 17.2. The summed E-state index contributed by atoms with van der Waals surface area (Å²) in [6.45, 7) is 15.2. The van der Waals surface area contributed by atoms with Crippen molar-refractivity contribution in [1.29, 1.82) is 0 Å². The van der Waals surface area contributed by atoms with Crippen LogP contribution in [0.1, 0.15) is 70.1 Å². The number of hydrogen-bond acceptors (Lipinski definition) is 2. The predicted octanol–water partition coefficient (Wildman–Crippen LogP) is 7.35. The molecule has 0 saturated heterocycles. The number of rotatable bonds is 6. The van der Waals surface area contributed by atoms with E-state index in [1.165, 1.54) is 16.7 Å². The van der Waals surface area contributed by atoms with Crippen molar-refractivity contribution in [3.63, 3.8) is 0 Å². The first kappa shape index (κ1) is 20.0. The maximum absolute atomic E-state index is 5.00. The first-order valence-corrected chi connectivity index (χ1v) is 9.48. The standard InChI is InChI=1S/C24H32N2/c1-16(2)22-9-8-10-23(17(3)4)24(22)26-20(7)15-19(6)25-21-13-11-18(5)12-14-21/h8-17,25H,1-7H3/b19-15-,26-20?. The number of para-hydroxylation sites is 1. The van der Waals surface area contributed by atoms with E-state index in [0.717, 1.165) is 22.8 Å². The molecule has 0 fully saturated rings. The van der Waals surface area contributed by atoms with Gasteiger partial charge in [-0.25, -0.2) is 0 Å². The molecule has 0 atom stereocenters. The van der Waals surface area contributed by atoms with Crippen molar-refractivity contribution in [2.24, 2.45) is 4.99 Å². The second kappa shape index (κ2) is 8.84. The monoisotopic (exact) mass is 348 g/mol. The Morgan fingerprint density at radius 1 is 0.885 bits per heavy atom. The Morgan fingerprint density at radius 2 is 1.42 bits per heavy atom. The van der Waals surface area contributed by atoms with Gasteiger partial charge in [0.1, 0.15) is 0 Å². The lowest BCUT2D eigenvalue weighted by atomic mass is 9.93. The minimum atomic E-state index is 0.455. The summed E-state index contributed by atoms with van der Waals surface area (Å²) in [6.07, 6.45) is 2.11. The molecule has 0 spiro atoms. The van der Waals surface area contributed by atoms with Gasteiger partial charge in [0.2, 0.25) is 0 Å². The Morgan fingerprint density at radius 3 is 1.92 bits per heavy atom. The number of hydrogen-bond donors (Lipinski definition) is 1. The molecule has 0 bridgehead atoms. The fraction of sp³-hybridized carbons (Fsp3) is 0.375. The van der Waals surface area contributed by atoms with Crippen molar-refractivity contribution in [3.8, 4) is 0 Å². The van der Waals surface area contributed by atoms with E-state index in [0.29, 0.717) is 11.8 Å². The Kier molecular flexibility index (Phi) is 6.79. The Balaban J connectivity index is 2.32. The van der Waals surface area contributed by atoms with Gasteiger partial charge in [-0.1, -0.05) is 63.6 Å². The fourth-order valence-electron chi connectivity index (χ4n) is 3.06. The second-order valence-corrected chi connectivity index (χ2v) is 7.67. The molecule has 0 aliphatic rings. The molecular formula is C24H32N2. The van der Waals surface area contributed by atoms with Crippen LogP contribution in [0, 0.1) is 6.92 Å². The third-order valence-electron chi connectivity index (χ3n) is 4.45. The molecule has 2 aromatic carbocycles. The highest BCUT2D eigenvalue weighted by molar-refractivity contribution is 5.96. The smallest absolute Gasteiger partial charge is 0.0701 e. The number of aryl methyl sites for hydroxylation is 1. The molecular weight excluding hydrogens is 316 g/mol. The minimum Gasteiger partial charge on any atom is -0.359 e. The van der Waals surface area contributed by atoms with E-state index < -0.39 is 0 Å². The quantitative estimate of drug-likeness (QED) is 0.542. The van der Waals surface area contributed by atoms with E-state index >= 15 is 0 Å². The summed E-state index contributed by atoms with van der Waals surface area (Å²) in [4.78, 5) is 5.00. The highest BCUT2D eigenvalue weighted by Gasteiger charge is 2.13. The highest BCUT2D eigenvalue weighted by Crippen LogP contribution is 2.34. The van der Waals surface area contributed by atoms with Crippen LogP contribution in [0.3, 0.4) is 0 Å². The van der Waals surface area contributed by atoms with Crippen LogP contribution in [0.5, 0.6) is 0 Å². The number of nitrogens with zero attached hydrogens (tertiary/aromatic N) is 1. The van der Waals surface area contributed by atoms with Gasteiger partial charge in [0.05, 0.1) is 5.69 Å². The van der Waals surface area contributed by atoms with Crippen LogP contribution in [-0.2, 0) is 0 Å². The summed E-state index contributed by atoms with van der Waals surface area (Å²) >= 11 is 0. The Bertz CT molecular complexity index is 767. The van der Waals surface area contributed by atoms with Crippen molar-refractivity contribution in [2.45, 2.75) is 60.3 Å². The number of allylic oxidation sites excluding steroid dienone is 2. The van der Waals surface area contributed by atoms with Crippen molar-refractivity contribution in [1.82, 2.24) is 0 Å². The van der Waals surface area contributed by atoms with E-state index in [4.69, 9.17) is 4.99 Å². The predicted molar refractivity (Wildman–Crippen MR) is 116 cm³/mol. The van der Waals surface area contributed by atoms with Crippen molar-refractivity contribution in [3.05, 3.63) is 70.9 Å². The van der Waals surface area contributed by atoms with Crippen LogP contribution in [0.25, 0.3) is 0 Å². The van der Waals surface area contributed by atoms with Gasteiger partial charge in [0, 0.05) is 17.1 Å². The van der Waals surface area contributed by atoms with Gasteiger partial charge in [-0.2, -0.15) is 0 Å². The lowest BCUT2D eigenvalue weighted by Gasteiger charge is -2.17. The summed E-state index contributed by atoms with van der Waals surface area (Å²) in [5, 5.41) is 3.44. The molecule has 0 aromatic heterocycles. The second-order valence-electron chi connectivity index (χ2n) is 7.67. The molecule has 0 unspecified atom stereocenters. The van der Waals surface area contributed by atoms with Crippen LogP contribution in [-0.4, -0.2) is 5.71 Å². The largest absolute Gasteiger partial charge is 0.359 e. The first-order chi connectivity index (χ1) is 12.3. The number of benzene rings is 2. The van der Waals surface area contributed by atoms with Crippen molar-refractivity contribution in [2.75, 3.05) is 5.32 Å². The van der Waals surface area contributed by atoms with Crippen LogP contribution < -0.4 is 5.32 Å². The maximum atomic E-state index is 5.00. The number of nitrogens with one attached hydrogen (secondary N) is 1. The summed E-state index contributed by atoms with van der Waals surface area (Å²) < 4.78 is 0. The van der Waals surface area contributed by atoms with Gasteiger partial charge in [0.25, 0.3) is 0 Å². The van der Waals surface area contributed by atoms with Crippen molar-refractivity contribution >= 4 is 17.1 Å². The van der Waals surface area contributed by atoms with Crippen LogP contribution in [0.2, 0.25) is 0 Å². The summed E-state index contributed by atoms with van der Waals surface area (Å²) in [5.74, 6) is 0.909. The van der Waals surface area contributed by atoms with Gasteiger partial charge in [-0.05, 0) is 61.9 Å². The van der Waals surface area contributed by atoms with Gasteiger partial charge in [-0.3, -0.25) is 4.99 Å². The topological polar surface area (TPSA) is 24.4 Å². The molecule has 1 N–H and O–H groups in total. The van der Waals surface area contributed by atoms with Crippen LogP contribution in [0.4, 0.5) is 11.4 Å². The van der Waals surface area contributed by atoms with Gasteiger partial charge in [0.15, 0.2) is 0 Å². The molecule has 26 heavy (non-hydrogen) atoms. The van der Waals surface area contributed by atoms with Gasteiger partial charge >= 0.3 is 0 Å². The van der Waals surface area contributed by atoms with E-state index in [1.54, 1.807) is 0 Å². The van der Waals surface area contributed by atoms with E-state index in [-0.39, 0.29) is 0 Å². The van der Waals surface area contributed by atoms with E-state index in [9.17, 15) is 0 Å². The average Bonchev–Trinajstić information content (AvgIpc) is 2.56. The molecule has 0 amide bonds. The molecule has 2 heteroatoms. The lowest BCUT2D eigenvalue weighted by molar-refractivity contribution is 0.834. The van der Waals surface area contributed by atoms with Crippen LogP contribution in [0.15, 0.2) is 59.2 Å². The molecule has 2 aromatic rings. The normalized spacial score (nSPS) is 12.8. The first-order valence-electron chi connectivity index (χ1n) is 9.48. The van der Waals surface area contributed by atoms with Crippen LogP contribution >= 0.6 is 0 Å². The zero-order valence-electron chi connectivity index (χ0n) is 17.2. The average molecular weight is 349 g/mol. The third kappa shape index (κ3) is 5.32. The van der Waals surface area contributed by atoms with Gasteiger partial charge in [-0.15, -0.1) is 0 Å². The van der Waals surface area contributed by atoms with Crippen molar-refractivity contribution < 1.29 is 0 Å². The fourth-order valence-corrected chi connectivity index (χ4v) is 3.06. The molecule has 2 rings (SSSR count). The summed E-state index contributed by atoms with van der Waals surface area (Å²) in [7, 11) is 0. The molecule has 0 aliphatic carbocycles. The third-order valence-corrected chi connectivity index (χ3v) is 4.45. The maximum Gasteiger partial charge on any atom is 0.0701 e. The molecule has 0 heterocycles. The van der Waals surface area contributed by atoms with E-state index in [2.05, 4.69) is 102 Å². The summed E-state index contributed by atoms with van der Waals surface area (Å²) in [5.41, 5.74) is 8.22. The molecule has 2 nitrogen and oxygen atoms in total. The zero-order chi connectivity index (χ0) is 19.3. The SMILES string of the molecule is CC(/C=C(/C)Nc1ccc(C)cc1)=Nc1c(C(C)C)cccc1C(C)C. The lowest BCUT2D eigenvalue weighted by Crippen LogP contribution is -2.00. The summed E-state index contributed by atoms with van der Waals surface area (Å²) in [6, 6.07) is 15.0. The number of anilines is 1. The Hall–Kier alpha value is -2.35. The molecule has 0 radical (unpaired) electrons. The minimum absolute atomic E-state index is 0.455. The van der Waals surface area contributed by atoms with Gasteiger partial charge < -0.3 is 5.32 Å². The van der Waals surface area contributed by atoms with E-state index in [1.807, 2.05) is 0 Å². The molecule has 0 saturated carbocycles. The Labute approximate surface area is 159 Å². The highest BCUT2D eigenvalue weighted by atomic mass is 14.9. The molecule has 138 valence electrons. The molecule has 0 aliphatic heterocycles. The number of aliphatic imine (C=N–C) groups is 1.